The molecule has 0 saturated carbocycles. The standard InChI is InChI=1S/C26H32FNO5/c1-3-4-5-6-13-23(30)28-16-9-12-20-17-22(29)18(2)10-7-8-11-19-14-15-21(27)25(31)24(19)26(32)33-20/h4-9,13-16,18,20,22,29,31H,3,10-12,17H2,1-2H3,(H,28,30)/b5-4-,8-7+,13-6-,16-9-/t18-,20-,22+/m0/s1. The Kier molecular flexibility index (Phi) is 10.6. The lowest BCUT2D eigenvalue weighted by Crippen LogP contribution is -2.28. The summed E-state index contributed by atoms with van der Waals surface area (Å²) in [6.07, 6.45) is 14.2. The van der Waals surface area contributed by atoms with E-state index in [1.54, 1.807) is 18.2 Å². The highest BCUT2D eigenvalue weighted by atomic mass is 19.1. The van der Waals surface area contributed by atoms with Crippen molar-refractivity contribution in [1.29, 1.82) is 0 Å². The van der Waals surface area contributed by atoms with Crippen LogP contribution < -0.4 is 5.32 Å². The lowest BCUT2D eigenvalue weighted by Gasteiger charge is -2.24. The molecule has 1 aromatic rings. The van der Waals surface area contributed by atoms with E-state index in [0.717, 1.165) is 12.5 Å². The van der Waals surface area contributed by atoms with Gasteiger partial charge in [-0.2, -0.15) is 0 Å². The number of carbonyl (C=O) groups excluding carboxylic acids is 2. The molecule has 0 fully saturated rings. The molecule has 1 aromatic carbocycles. The van der Waals surface area contributed by atoms with Crippen LogP contribution in [0.1, 0.15) is 55.5 Å². The summed E-state index contributed by atoms with van der Waals surface area (Å²) in [6, 6.07) is 2.57. The van der Waals surface area contributed by atoms with Crippen LogP contribution in [0.5, 0.6) is 5.75 Å². The first kappa shape index (κ1) is 26.1. The van der Waals surface area contributed by atoms with Crippen LogP contribution in [-0.2, 0) is 16.0 Å². The SMILES string of the molecule is CC/C=C\C=C/C(=O)N/C=C\C[C@H]1C[C@@H](O)[C@@H](C)C/C=C/Cc2ccc(F)c(O)c2C(=O)O1. The van der Waals surface area contributed by atoms with E-state index in [1.807, 2.05) is 32.1 Å². The number of carbonyl (C=O) groups is 2. The summed E-state index contributed by atoms with van der Waals surface area (Å²) in [5, 5.41) is 23.3. The van der Waals surface area contributed by atoms with Crippen LogP contribution in [-0.4, -0.2) is 34.3 Å². The average molecular weight is 458 g/mol. The van der Waals surface area contributed by atoms with E-state index in [-0.39, 0.29) is 30.2 Å². The second-order valence-electron chi connectivity index (χ2n) is 7.99. The predicted molar refractivity (Wildman–Crippen MR) is 125 cm³/mol. The van der Waals surface area contributed by atoms with Crippen molar-refractivity contribution in [2.24, 2.45) is 5.92 Å². The number of nitrogens with one attached hydrogen (secondary N) is 1. The van der Waals surface area contributed by atoms with E-state index < -0.39 is 29.7 Å². The van der Waals surface area contributed by atoms with Crippen LogP contribution in [0, 0.1) is 11.7 Å². The molecule has 7 heteroatoms. The molecule has 1 aliphatic heterocycles. The van der Waals surface area contributed by atoms with Crippen molar-refractivity contribution in [3.05, 3.63) is 77.8 Å². The molecule has 2 rings (SSSR count). The molecule has 0 radical (unpaired) electrons. The molecule has 1 amide bonds. The molecule has 178 valence electrons. The topological polar surface area (TPSA) is 95.9 Å². The van der Waals surface area contributed by atoms with Crippen molar-refractivity contribution in [2.45, 2.75) is 58.2 Å². The van der Waals surface area contributed by atoms with Crippen LogP contribution in [0.2, 0.25) is 0 Å². The first-order valence-electron chi connectivity index (χ1n) is 11.2. The maximum atomic E-state index is 13.9. The molecule has 0 spiro atoms. The fraction of sp³-hybridized carbons (Fsp3) is 0.385. The number of ether oxygens (including phenoxy) is 1. The maximum Gasteiger partial charge on any atom is 0.342 e. The van der Waals surface area contributed by atoms with Gasteiger partial charge in [0.1, 0.15) is 11.7 Å². The lowest BCUT2D eigenvalue weighted by molar-refractivity contribution is -0.115. The van der Waals surface area contributed by atoms with Gasteiger partial charge in [0, 0.05) is 25.1 Å². The zero-order chi connectivity index (χ0) is 24.2. The molecular weight excluding hydrogens is 425 g/mol. The molecule has 0 unspecified atom stereocenters. The molecule has 6 nitrogen and oxygen atoms in total. The normalized spacial score (nSPS) is 23.2. The summed E-state index contributed by atoms with van der Waals surface area (Å²) < 4.78 is 19.5. The zero-order valence-corrected chi connectivity index (χ0v) is 19.0. The van der Waals surface area contributed by atoms with Crippen molar-refractivity contribution >= 4 is 11.9 Å². The second kappa shape index (κ2) is 13.4. The summed E-state index contributed by atoms with van der Waals surface area (Å²) in [6.45, 7) is 3.90. The minimum absolute atomic E-state index is 0.0621. The van der Waals surface area contributed by atoms with Gasteiger partial charge in [0.15, 0.2) is 11.6 Å². The summed E-state index contributed by atoms with van der Waals surface area (Å²) in [4.78, 5) is 24.6. The number of esters is 1. The van der Waals surface area contributed by atoms with Crippen molar-refractivity contribution in [3.63, 3.8) is 0 Å². The molecule has 33 heavy (non-hydrogen) atoms. The fourth-order valence-corrected chi connectivity index (χ4v) is 3.35. The van der Waals surface area contributed by atoms with Crippen molar-refractivity contribution in [3.8, 4) is 5.75 Å². The van der Waals surface area contributed by atoms with E-state index in [4.69, 9.17) is 4.74 Å². The number of aliphatic hydroxyl groups excluding tert-OH is 1. The Bertz CT molecular complexity index is 935. The van der Waals surface area contributed by atoms with Gasteiger partial charge in [-0.1, -0.05) is 56.4 Å². The Labute approximate surface area is 194 Å². The number of rotatable bonds is 6. The van der Waals surface area contributed by atoms with Crippen LogP contribution in [0.4, 0.5) is 4.39 Å². The molecule has 3 N–H and O–H groups in total. The van der Waals surface area contributed by atoms with Crippen molar-refractivity contribution < 1.29 is 28.9 Å². The van der Waals surface area contributed by atoms with Gasteiger partial charge in [-0.05, 0) is 36.8 Å². The van der Waals surface area contributed by atoms with E-state index in [2.05, 4.69) is 5.32 Å². The molecule has 0 bridgehead atoms. The summed E-state index contributed by atoms with van der Waals surface area (Å²) >= 11 is 0. The number of hydrogen-bond donors (Lipinski definition) is 3. The minimum Gasteiger partial charge on any atom is -0.504 e. The number of phenols is 1. The quantitative estimate of drug-likeness (QED) is 0.253. The number of halogens is 1. The van der Waals surface area contributed by atoms with Gasteiger partial charge in [-0.3, -0.25) is 4.79 Å². The monoisotopic (exact) mass is 457 g/mol. The third-order valence-corrected chi connectivity index (χ3v) is 5.34. The highest BCUT2D eigenvalue weighted by molar-refractivity contribution is 5.94. The van der Waals surface area contributed by atoms with Crippen LogP contribution >= 0.6 is 0 Å². The number of aromatic hydroxyl groups is 1. The molecule has 1 heterocycles. The molecule has 0 aliphatic carbocycles. The van der Waals surface area contributed by atoms with Gasteiger partial charge in [0.05, 0.1) is 6.10 Å². The second-order valence-corrected chi connectivity index (χ2v) is 7.99. The van der Waals surface area contributed by atoms with Crippen molar-refractivity contribution in [2.75, 3.05) is 0 Å². The van der Waals surface area contributed by atoms with Crippen LogP contribution in [0.25, 0.3) is 0 Å². The summed E-state index contributed by atoms with van der Waals surface area (Å²) in [5.74, 6) is -2.88. The Morgan fingerprint density at radius 3 is 2.82 bits per heavy atom. The number of amides is 1. The molecule has 0 saturated heterocycles. The van der Waals surface area contributed by atoms with Gasteiger partial charge < -0.3 is 20.3 Å². The molecule has 1 aliphatic rings. The van der Waals surface area contributed by atoms with Crippen LogP contribution in [0.15, 0.2) is 60.9 Å². The van der Waals surface area contributed by atoms with E-state index in [1.165, 1.54) is 18.3 Å². The first-order chi connectivity index (χ1) is 15.8. The zero-order valence-electron chi connectivity index (χ0n) is 19.0. The number of hydrogen-bond acceptors (Lipinski definition) is 5. The number of aliphatic hydroxyl groups is 1. The smallest absolute Gasteiger partial charge is 0.342 e. The molecule has 0 aromatic heterocycles. The van der Waals surface area contributed by atoms with E-state index in [9.17, 15) is 24.2 Å². The van der Waals surface area contributed by atoms with Gasteiger partial charge >= 0.3 is 5.97 Å². The van der Waals surface area contributed by atoms with E-state index >= 15 is 0 Å². The van der Waals surface area contributed by atoms with Crippen molar-refractivity contribution in [1.82, 2.24) is 5.32 Å². The Balaban J connectivity index is 2.16. The third-order valence-electron chi connectivity index (χ3n) is 5.34. The predicted octanol–water partition coefficient (Wildman–Crippen LogP) is 4.49. The number of fused-ring (bicyclic) bond motifs is 1. The average Bonchev–Trinajstić information content (AvgIpc) is 2.78. The lowest BCUT2D eigenvalue weighted by atomic mass is 9.93. The van der Waals surface area contributed by atoms with Gasteiger partial charge in [0.25, 0.3) is 0 Å². The van der Waals surface area contributed by atoms with Gasteiger partial charge in [-0.25, -0.2) is 9.18 Å². The first-order valence-corrected chi connectivity index (χ1v) is 11.2. The number of allylic oxidation sites excluding steroid dienone is 5. The number of benzene rings is 1. The Morgan fingerprint density at radius 1 is 1.27 bits per heavy atom. The molecule has 3 atom stereocenters. The highest BCUT2D eigenvalue weighted by Gasteiger charge is 2.26. The molecular formula is C26H32FNO5. The van der Waals surface area contributed by atoms with Crippen LogP contribution in [0.3, 0.4) is 0 Å². The summed E-state index contributed by atoms with van der Waals surface area (Å²) in [7, 11) is 0. The Morgan fingerprint density at radius 2 is 2.06 bits per heavy atom. The summed E-state index contributed by atoms with van der Waals surface area (Å²) in [5.41, 5.74) is 0.240. The van der Waals surface area contributed by atoms with Gasteiger partial charge in [0.2, 0.25) is 5.91 Å². The number of cyclic esters (lactones) is 1. The minimum atomic E-state index is -0.906. The largest absolute Gasteiger partial charge is 0.504 e. The third kappa shape index (κ3) is 8.35. The van der Waals surface area contributed by atoms with Gasteiger partial charge in [-0.15, -0.1) is 0 Å². The fourth-order valence-electron chi connectivity index (χ4n) is 3.35. The Hall–Kier alpha value is -3.19. The van der Waals surface area contributed by atoms with E-state index in [0.29, 0.717) is 18.4 Å². The maximum absolute atomic E-state index is 13.9. The number of phenolic OH excluding ortho intramolecular Hbond substituents is 1. The highest BCUT2D eigenvalue weighted by Crippen LogP contribution is 2.28.